The molecule has 0 radical (unpaired) electrons. The van der Waals surface area contributed by atoms with Crippen molar-refractivity contribution in [3.05, 3.63) is 16.6 Å². The Kier molecular flexibility index (Phi) is 3.09. The average Bonchev–Trinajstić information content (AvgIpc) is 2.69. The van der Waals surface area contributed by atoms with Crippen molar-refractivity contribution in [3.8, 4) is 0 Å². The molecule has 1 aliphatic rings. The van der Waals surface area contributed by atoms with E-state index in [1.54, 1.807) is 11.3 Å². The molecule has 84 valence electrons. The highest BCUT2D eigenvalue weighted by Crippen LogP contribution is 2.37. The largest absolute Gasteiger partial charge is 0.375 e. The van der Waals surface area contributed by atoms with Gasteiger partial charge < -0.3 is 10.1 Å². The van der Waals surface area contributed by atoms with Crippen LogP contribution >= 0.6 is 11.3 Å². The molecular formula is C11H18N2OS. The molecule has 1 aliphatic heterocycles. The summed E-state index contributed by atoms with van der Waals surface area (Å²) in [6.07, 6.45) is 4.47. The van der Waals surface area contributed by atoms with Crippen LogP contribution in [0.4, 0.5) is 0 Å². The highest BCUT2D eigenvalue weighted by Gasteiger charge is 2.40. The molecule has 0 saturated carbocycles. The SMILES string of the molecule is CNC1(c2nccs2)CC(C)OC(C)C1. The number of aromatic nitrogens is 1. The molecule has 0 bridgehead atoms. The minimum Gasteiger partial charge on any atom is -0.375 e. The van der Waals surface area contributed by atoms with Crippen LogP contribution in [0.2, 0.25) is 0 Å². The summed E-state index contributed by atoms with van der Waals surface area (Å²) in [5.74, 6) is 0. The van der Waals surface area contributed by atoms with Gasteiger partial charge in [-0.3, -0.25) is 0 Å². The van der Waals surface area contributed by atoms with Crippen molar-refractivity contribution in [1.29, 1.82) is 0 Å². The molecular weight excluding hydrogens is 208 g/mol. The summed E-state index contributed by atoms with van der Waals surface area (Å²) in [7, 11) is 2.02. The van der Waals surface area contributed by atoms with Crippen molar-refractivity contribution < 1.29 is 4.74 Å². The first kappa shape index (κ1) is 11.0. The fourth-order valence-corrected chi connectivity index (χ4v) is 3.37. The second-order valence-corrected chi connectivity index (χ2v) is 5.23. The third kappa shape index (κ3) is 2.07. The number of nitrogens with one attached hydrogen (secondary N) is 1. The molecule has 3 nitrogen and oxygen atoms in total. The first-order valence-electron chi connectivity index (χ1n) is 5.40. The lowest BCUT2D eigenvalue weighted by Crippen LogP contribution is -2.49. The van der Waals surface area contributed by atoms with E-state index in [4.69, 9.17) is 4.74 Å². The Morgan fingerprint density at radius 1 is 1.47 bits per heavy atom. The maximum Gasteiger partial charge on any atom is 0.113 e. The summed E-state index contributed by atoms with van der Waals surface area (Å²) in [4.78, 5) is 4.45. The third-order valence-corrected chi connectivity index (χ3v) is 4.03. The van der Waals surface area contributed by atoms with Crippen LogP contribution in [0.5, 0.6) is 0 Å². The molecule has 2 unspecified atom stereocenters. The van der Waals surface area contributed by atoms with Gasteiger partial charge in [-0.2, -0.15) is 0 Å². The zero-order valence-corrected chi connectivity index (χ0v) is 10.3. The van der Waals surface area contributed by atoms with Crippen molar-refractivity contribution in [2.75, 3.05) is 7.05 Å². The first-order valence-corrected chi connectivity index (χ1v) is 6.28. The zero-order chi connectivity index (χ0) is 10.9. The van der Waals surface area contributed by atoms with E-state index in [1.807, 2.05) is 18.6 Å². The van der Waals surface area contributed by atoms with Gasteiger partial charge in [0.1, 0.15) is 5.01 Å². The number of nitrogens with zero attached hydrogens (tertiary/aromatic N) is 1. The molecule has 15 heavy (non-hydrogen) atoms. The lowest BCUT2D eigenvalue weighted by molar-refractivity contribution is -0.0696. The van der Waals surface area contributed by atoms with E-state index in [-0.39, 0.29) is 5.54 Å². The Morgan fingerprint density at radius 2 is 2.13 bits per heavy atom. The van der Waals surface area contributed by atoms with Crippen LogP contribution in [0, 0.1) is 0 Å². The van der Waals surface area contributed by atoms with Gasteiger partial charge in [0.05, 0.1) is 17.7 Å². The fraction of sp³-hybridized carbons (Fsp3) is 0.727. The van der Waals surface area contributed by atoms with Gasteiger partial charge in [0, 0.05) is 11.6 Å². The van der Waals surface area contributed by atoms with Crippen LogP contribution < -0.4 is 5.32 Å². The minimum atomic E-state index is 0.0191. The van der Waals surface area contributed by atoms with Crippen LogP contribution in [-0.2, 0) is 10.3 Å². The monoisotopic (exact) mass is 226 g/mol. The first-order chi connectivity index (χ1) is 7.16. The average molecular weight is 226 g/mol. The van der Waals surface area contributed by atoms with E-state index in [2.05, 4.69) is 24.1 Å². The molecule has 1 fully saturated rings. The van der Waals surface area contributed by atoms with Crippen LogP contribution in [-0.4, -0.2) is 24.2 Å². The third-order valence-electron chi connectivity index (χ3n) is 3.06. The molecule has 4 heteroatoms. The lowest BCUT2D eigenvalue weighted by Gasteiger charge is -2.41. The maximum absolute atomic E-state index is 5.78. The number of rotatable bonds is 2. The molecule has 1 saturated heterocycles. The summed E-state index contributed by atoms with van der Waals surface area (Å²) in [6.45, 7) is 4.27. The molecule has 1 aromatic heterocycles. The molecule has 1 N–H and O–H groups in total. The molecule has 0 aromatic carbocycles. The Hall–Kier alpha value is -0.450. The van der Waals surface area contributed by atoms with Gasteiger partial charge in [-0.05, 0) is 33.7 Å². The Bertz CT molecular complexity index is 302. The van der Waals surface area contributed by atoms with E-state index >= 15 is 0 Å². The second kappa shape index (κ2) is 4.20. The van der Waals surface area contributed by atoms with E-state index < -0.39 is 0 Å². The van der Waals surface area contributed by atoms with Crippen LogP contribution in [0.15, 0.2) is 11.6 Å². The van der Waals surface area contributed by atoms with Crippen molar-refractivity contribution in [3.63, 3.8) is 0 Å². The number of hydrogen-bond acceptors (Lipinski definition) is 4. The summed E-state index contributed by atoms with van der Waals surface area (Å²) < 4.78 is 5.78. The van der Waals surface area contributed by atoms with Crippen LogP contribution in [0.25, 0.3) is 0 Å². The highest BCUT2D eigenvalue weighted by atomic mass is 32.1. The van der Waals surface area contributed by atoms with Gasteiger partial charge in [0.15, 0.2) is 0 Å². The Morgan fingerprint density at radius 3 is 2.60 bits per heavy atom. The summed E-state index contributed by atoms with van der Waals surface area (Å²) in [5.41, 5.74) is 0.0191. The normalized spacial score (nSPS) is 36.7. The van der Waals surface area contributed by atoms with Gasteiger partial charge in [-0.1, -0.05) is 0 Å². The van der Waals surface area contributed by atoms with Gasteiger partial charge in [-0.15, -0.1) is 11.3 Å². The number of hydrogen-bond donors (Lipinski definition) is 1. The van der Waals surface area contributed by atoms with Gasteiger partial charge in [0.2, 0.25) is 0 Å². The second-order valence-electron chi connectivity index (χ2n) is 4.33. The van der Waals surface area contributed by atoms with Crippen molar-refractivity contribution in [1.82, 2.24) is 10.3 Å². The molecule has 2 atom stereocenters. The molecule has 1 aromatic rings. The molecule has 0 aliphatic carbocycles. The Balaban J connectivity index is 2.28. The number of ether oxygens (including phenoxy) is 1. The van der Waals surface area contributed by atoms with E-state index in [0.717, 1.165) is 12.8 Å². The summed E-state index contributed by atoms with van der Waals surface area (Å²) in [6, 6.07) is 0. The molecule has 0 amide bonds. The molecule has 0 spiro atoms. The van der Waals surface area contributed by atoms with E-state index in [0.29, 0.717) is 12.2 Å². The van der Waals surface area contributed by atoms with Crippen molar-refractivity contribution in [2.24, 2.45) is 0 Å². The zero-order valence-electron chi connectivity index (χ0n) is 9.49. The number of thiazole rings is 1. The topological polar surface area (TPSA) is 34.2 Å². The minimum absolute atomic E-state index is 0.0191. The standard InChI is InChI=1S/C11H18N2OS/c1-8-6-11(12-3,7-9(2)14-8)10-13-4-5-15-10/h4-5,8-9,12H,6-7H2,1-3H3. The quantitative estimate of drug-likeness (QED) is 0.839. The van der Waals surface area contributed by atoms with Crippen LogP contribution in [0.3, 0.4) is 0 Å². The highest BCUT2D eigenvalue weighted by molar-refractivity contribution is 7.09. The van der Waals surface area contributed by atoms with Crippen molar-refractivity contribution >= 4 is 11.3 Å². The van der Waals surface area contributed by atoms with E-state index in [9.17, 15) is 0 Å². The van der Waals surface area contributed by atoms with Crippen LogP contribution in [0.1, 0.15) is 31.7 Å². The molecule has 2 rings (SSSR count). The van der Waals surface area contributed by atoms with Gasteiger partial charge >= 0.3 is 0 Å². The fourth-order valence-electron chi connectivity index (χ4n) is 2.50. The molecule has 2 heterocycles. The predicted octanol–water partition coefficient (Wildman–Crippen LogP) is 2.15. The predicted molar refractivity (Wildman–Crippen MR) is 62.1 cm³/mol. The smallest absolute Gasteiger partial charge is 0.113 e. The van der Waals surface area contributed by atoms with Crippen molar-refractivity contribution in [2.45, 2.75) is 44.4 Å². The summed E-state index contributed by atoms with van der Waals surface area (Å²) >= 11 is 1.73. The Labute approximate surface area is 94.9 Å². The van der Waals surface area contributed by atoms with E-state index in [1.165, 1.54) is 5.01 Å². The van der Waals surface area contributed by atoms with Gasteiger partial charge in [0.25, 0.3) is 0 Å². The van der Waals surface area contributed by atoms with Gasteiger partial charge in [-0.25, -0.2) is 4.98 Å². The maximum atomic E-state index is 5.78. The lowest BCUT2D eigenvalue weighted by atomic mass is 9.85. The summed E-state index contributed by atoms with van der Waals surface area (Å²) in [5, 5.41) is 6.68.